The number of thiophene rings is 1. The van der Waals surface area contributed by atoms with E-state index < -0.39 is 0 Å². The number of aromatic nitrogens is 4. The van der Waals surface area contributed by atoms with Crippen LogP contribution in [0.5, 0.6) is 0 Å². The SMILES string of the molecule is c1ccc(-c2nc(-c3ccc(-c4nc5ccccc5c5c4sc4ccccc45)cc3)nc(-c3cccc(-c4ccc5c(ccc6ccccc65)c4)c3)n2)cc1. The third-order valence-corrected chi connectivity index (χ3v) is 11.7. The topological polar surface area (TPSA) is 51.6 Å². The van der Waals surface area contributed by atoms with Crippen LogP contribution < -0.4 is 0 Å². The first-order chi connectivity index (χ1) is 27.2. The number of benzene rings is 8. The molecule has 0 saturated carbocycles. The molecule has 0 aliphatic rings. The monoisotopic (exact) mass is 718 g/mol. The van der Waals surface area contributed by atoms with Crippen molar-refractivity contribution in [1.29, 1.82) is 0 Å². The Kier molecular flexibility index (Phi) is 7.32. The molecule has 5 heteroatoms. The maximum atomic E-state index is 5.21. The molecule has 0 spiro atoms. The van der Waals surface area contributed by atoms with Crippen molar-refractivity contribution in [2.45, 2.75) is 0 Å². The highest BCUT2D eigenvalue weighted by molar-refractivity contribution is 7.26. The Hall–Kier alpha value is -7.08. The normalized spacial score (nSPS) is 11.6. The Balaban J connectivity index is 1.01. The van der Waals surface area contributed by atoms with Crippen molar-refractivity contribution in [3.63, 3.8) is 0 Å². The van der Waals surface area contributed by atoms with Crippen LogP contribution in [0.15, 0.2) is 182 Å². The molecule has 256 valence electrons. The zero-order valence-corrected chi connectivity index (χ0v) is 30.3. The van der Waals surface area contributed by atoms with Gasteiger partial charge in [0.05, 0.1) is 15.9 Å². The van der Waals surface area contributed by atoms with E-state index in [1.165, 1.54) is 47.1 Å². The summed E-state index contributed by atoms with van der Waals surface area (Å²) in [6, 6.07) is 63.9. The molecule has 0 N–H and O–H groups in total. The number of hydrogen-bond donors (Lipinski definition) is 0. The van der Waals surface area contributed by atoms with E-state index in [0.29, 0.717) is 17.5 Å². The number of hydrogen-bond acceptors (Lipinski definition) is 5. The second kappa shape index (κ2) is 12.8. The molecule has 0 aliphatic carbocycles. The molecule has 55 heavy (non-hydrogen) atoms. The minimum absolute atomic E-state index is 0.622. The second-order valence-electron chi connectivity index (χ2n) is 13.8. The van der Waals surface area contributed by atoms with Crippen LogP contribution in [0.2, 0.25) is 0 Å². The van der Waals surface area contributed by atoms with E-state index in [0.717, 1.165) is 44.6 Å². The van der Waals surface area contributed by atoms with Crippen molar-refractivity contribution >= 4 is 64.0 Å². The van der Waals surface area contributed by atoms with Gasteiger partial charge in [0.25, 0.3) is 0 Å². The molecule has 0 atom stereocenters. The highest BCUT2D eigenvalue weighted by Crippen LogP contribution is 2.43. The van der Waals surface area contributed by atoms with Gasteiger partial charge in [0, 0.05) is 43.1 Å². The van der Waals surface area contributed by atoms with Crippen molar-refractivity contribution in [2.75, 3.05) is 0 Å². The summed E-state index contributed by atoms with van der Waals surface area (Å²) >= 11 is 1.80. The summed E-state index contributed by atoms with van der Waals surface area (Å²) in [6.07, 6.45) is 0. The van der Waals surface area contributed by atoms with Gasteiger partial charge in [-0.25, -0.2) is 19.9 Å². The van der Waals surface area contributed by atoms with E-state index in [1.807, 2.05) is 30.3 Å². The van der Waals surface area contributed by atoms with E-state index in [1.54, 1.807) is 11.3 Å². The van der Waals surface area contributed by atoms with Crippen molar-refractivity contribution in [2.24, 2.45) is 0 Å². The largest absolute Gasteiger partial charge is 0.246 e. The van der Waals surface area contributed by atoms with Gasteiger partial charge in [0.1, 0.15) is 0 Å². The van der Waals surface area contributed by atoms with Gasteiger partial charge in [-0.3, -0.25) is 0 Å². The molecule has 0 fully saturated rings. The van der Waals surface area contributed by atoms with Crippen LogP contribution in [0.3, 0.4) is 0 Å². The summed E-state index contributed by atoms with van der Waals surface area (Å²) in [6.45, 7) is 0. The molecule has 0 unspecified atom stereocenters. The lowest BCUT2D eigenvalue weighted by molar-refractivity contribution is 1.07. The smallest absolute Gasteiger partial charge is 0.164 e. The molecule has 4 nitrogen and oxygen atoms in total. The van der Waals surface area contributed by atoms with Crippen LogP contribution >= 0.6 is 11.3 Å². The van der Waals surface area contributed by atoms with Crippen LogP contribution in [0.1, 0.15) is 0 Å². The molecule has 0 bridgehead atoms. The molecular weight excluding hydrogens is 689 g/mol. The van der Waals surface area contributed by atoms with Gasteiger partial charge in [0.2, 0.25) is 0 Å². The van der Waals surface area contributed by atoms with Crippen LogP contribution in [0.25, 0.3) is 109 Å². The van der Waals surface area contributed by atoms with Crippen molar-refractivity contribution in [3.8, 4) is 56.5 Å². The van der Waals surface area contributed by atoms with E-state index in [-0.39, 0.29) is 0 Å². The Morgan fingerprint density at radius 3 is 1.73 bits per heavy atom. The zero-order valence-electron chi connectivity index (χ0n) is 29.5. The maximum Gasteiger partial charge on any atom is 0.164 e. The van der Waals surface area contributed by atoms with Crippen LogP contribution in [0, 0.1) is 0 Å². The standard InChI is InChI=1S/C50H30N4S/c1-2-12-33(13-3-1)48-52-49(34-24-22-32(23-25-34)46-47-45(41-17-6-8-19-43(41)51-46)42-18-7-9-20-44(42)55-47)54-50(53-48)38-15-10-14-35(30-38)36-27-28-40-37(29-36)26-21-31-11-4-5-16-39(31)40/h1-30H. The van der Waals surface area contributed by atoms with Crippen LogP contribution in [-0.2, 0) is 0 Å². The van der Waals surface area contributed by atoms with E-state index in [9.17, 15) is 0 Å². The fourth-order valence-corrected chi connectivity index (χ4v) is 9.02. The molecule has 3 aromatic heterocycles. The predicted octanol–water partition coefficient (Wildman–Crippen LogP) is 13.4. The molecule has 0 amide bonds. The Morgan fingerprint density at radius 2 is 0.891 bits per heavy atom. The first-order valence-electron chi connectivity index (χ1n) is 18.4. The minimum atomic E-state index is 0.622. The number of nitrogens with zero attached hydrogens (tertiary/aromatic N) is 4. The van der Waals surface area contributed by atoms with Gasteiger partial charge in [-0.1, -0.05) is 158 Å². The lowest BCUT2D eigenvalue weighted by Gasteiger charge is -2.11. The molecule has 11 rings (SSSR count). The first kappa shape index (κ1) is 31.4. The van der Waals surface area contributed by atoms with E-state index in [2.05, 4.69) is 152 Å². The summed E-state index contributed by atoms with van der Waals surface area (Å²) in [5.74, 6) is 1.89. The second-order valence-corrected chi connectivity index (χ2v) is 14.9. The first-order valence-corrected chi connectivity index (χ1v) is 19.2. The molecule has 11 aromatic rings. The fraction of sp³-hybridized carbons (Fsp3) is 0. The Labute approximate surface area is 321 Å². The number of fused-ring (bicyclic) bond motifs is 8. The molecule has 8 aromatic carbocycles. The highest BCUT2D eigenvalue weighted by Gasteiger charge is 2.17. The third kappa shape index (κ3) is 5.44. The molecule has 0 radical (unpaired) electrons. The number of para-hydroxylation sites is 1. The average molecular weight is 719 g/mol. The molecule has 0 aliphatic heterocycles. The Morgan fingerprint density at radius 1 is 0.327 bits per heavy atom. The maximum absolute atomic E-state index is 5.21. The van der Waals surface area contributed by atoms with Gasteiger partial charge in [0.15, 0.2) is 17.5 Å². The van der Waals surface area contributed by atoms with Crippen molar-refractivity contribution in [3.05, 3.63) is 182 Å². The summed E-state index contributed by atoms with van der Waals surface area (Å²) in [4.78, 5) is 20.4. The van der Waals surface area contributed by atoms with Gasteiger partial charge >= 0.3 is 0 Å². The quantitative estimate of drug-likeness (QED) is 0.166. The summed E-state index contributed by atoms with van der Waals surface area (Å²) in [5.41, 5.74) is 8.07. The van der Waals surface area contributed by atoms with E-state index >= 15 is 0 Å². The lowest BCUT2D eigenvalue weighted by atomic mass is 9.96. The third-order valence-electron chi connectivity index (χ3n) is 10.5. The average Bonchev–Trinajstić information content (AvgIpc) is 3.66. The van der Waals surface area contributed by atoms with Gasteiger partial charge < -0.3 is 0 Å². The molecule has 3 heterocycles. The number of pyridine rings is 1. The highest BCUT2D eigenvalue weighted by atomic mass is 32.1. The minimum Gasteiger partial charge on any atom is -0.246 e. The van der Waals surface area contributed by atoms with Gasteiger partial charge in [-0.15, -0.1) is 11.3 Å². The lowest BCUT2D eigenvalue weighted by Crippen LogP contribution is -2.00. The van der Waals surface area contributed by atoms with Crippen molar-refractivity contribution in [1.82, 2.24) is 19.9 Å². The Bertz CT molecular complexity index is 3260. The summed E-state index contributed by atoms with van der Waals surface area (Å²) < 4.78 is 2.46. The molecular formula is C50H30N4S. The molecule has 0 saturated heterocycles. The predicted molar refractivity (Wildman–Crippen MR) is 230 cm³/mol. The fourth-order valence-electron chi connectivity index (χ4n) is 7.79. The zero-order chi connectivity index (χ0) is 36.3. The van der Waals surface area contributed by atoms with Gasteiger partial charge in [-0.2, -0.15) is 0 Å². The van der Waals surface area contributed by atoms with Crippen LogP contribution in [0.4, 0.5) is 0 Å². The summed E-state index contributed by atoms with van der Waals surface area (Å²) in [5, 5.41) is 8.69. The van der Waals surface area contributed by atoms with Crippen molar-refractivity contribution < 1.29 is 0 Å². The number of rotatable bonds is 5. The van der Waals surface area contributed by atoms with Gasteiger partial charge in [-0.05, 0) is 56.9 Å². The van der Waals surface area contributed by atoms with Crippen LogP contribution in [-0.4, -0.2) is 19.9 Å². The summed E-state index contributed by atoms with van der Waals surface area (Å²) in [7, 11) is 0. The van der Waals surface area contributed by atoms with E-state index in [4.69, 9.17) is 19.9 Å².